The summed E-state index contributed by atoms with van der Waals surface area (Å²) in [6.07, 6.45) is 0. The third kappa shape index (κ3) is 2.83. The highest BCUT2D eigenvalue weighted by molar-refractivity contribution is 6.34. The number of nitrogens with zero attached hydrogens (tertiary/aromatic N) is 1. The van der Waals surface area contributed by atoms with Crippen LogP contribution in [-0.4, -0.2) is 22.8 Å². The van der Waals surface area contributed by atoms with Gasteiger partial charge in [-0.3, -0.25) is 14.4 Å². The molecular weight excluding hydrogens is 344 g/mol. The van der Waals surface area contributed by atoms with Crippen molar-refractivity contribution >= 4 is 29.1 Å². The highest BCUT2D eigenvalue weighted by atomic mass is 16.3. The molecule has 1 aliphatic rings. The van der Waals surface area contributed by atoms with Gasteiger partial charge in [0, 0.05) is 5.56 Å². The zero-order valence-corrected chi connectivity index (χ0v) is 14.0. The predicted octanol–water partition coefficient (Wildman–Crippen LogP) is 3.45. The second-order valence-corrected chi connectivity index (χ2v) is 6.01. The van der Waals surface area contributed by atoms with Gasteiger partial charge in [-0.15, -0.1) is 0 Å². The molecule has 6 nitrogen and oxygen atoms in total. The number of hydrogen-bond acceptors (Lipinski definition) is 4. The number of para-hydroxylation sites is 2. The van der Waals surface area contributed by atoms with E-state index in [1.807, 2.05) is 0 Å². The van der Waals surface area contributed by atoms with Crippen LogP contribution in [0.2, 0.25) is 0 Å². The molecule has 0 radical (unpaired) electrons. The van der Waals surface area contributed by atoms with Crippen molar-refractivity contribution in [2.75, 3.05) is 10.2 Å². The number of carbonyl (C=O) groups is 3. The lowest BCUT2D eigenvalue weighted by Crippen LogP contribution is -2.29. The van der Waals surface area contributed by atoms with Gasteiger partial charge in [0.1, 0.15) is 5.75 Å². The van der Waals surface area contributed by atoms with Crippen molar-refractivity contribution in [3.05, 3.63) is 89.5 Å². The molecule has 4 rings (SSSR count). The number of benzene rings is 3. The minimum atomic E-state index is -0.463. The van der Waals surface area contributed by atoms with Crippen LogP contribution in [0.3, 0.4) is 0 Å². The van der Waals surface area contributed by atoms with Gasteiger partial charge in [-0.2, -0.15) is 0 Å². The fraction of sp³-hybridized carbons (Fsp3) is 0. The standard InChI is InChI=1S/C21H14N2O4/c24-18-11-4-3-10-17(18)22-19(25)13-6-5-7-14(12-13)23-20(26)15-8-1-2-9-16(15)21(23)27/h1-12,24H,(H,22,25). The normalized spacial score (nSPS) is 12.8. The summed E-state index contributed by atoms with van der Waals surface area (Å²) < 4.78 is 0. The number of imide groups is 1. The van der Waals surface area contributed by atoms with Crippen molar-refractivity contribution in [2.45, 2.75) is 0 Å². The van der Waals surface area contributed by atoms with Crippen LogP contribution in [0.25, 0.3) is 0 Å². The Morgan fingerprint density at radius 3 is 2.11 bits per heavy atom. The van der Waals surface area contributed by atoms with Crippen LogP contribution >= 0.6 is 0 Å². The van der Waals surface area contributed by atoms with E-state index < -0.39 is 17.7 Å². The fourth-order valence-electron chi connectivity index (χ4n) is 2.98. The number of hydrogen-bond donors (Lipinski definition) is 2. The van der Waals surface area contributed by atoms with Gasteiger partial charge in [-0.25, -0.2) is 4.90 Å². The van der Waals surface area contributed by atoms with E-state index in [4.69, 9.17) is 0 Å². The Balaban J connectivity index is 1.64. The third-order valence-corrected chi connectivity index (χ3v) is 4.31. The summed E-state index contributed by atoms with van der Waals surface area (Å²) in [5.74, 6) is -1.36. The lowest BCUT2D eigenvalue weighted by Gasteiger charge is -2.15. The summed E-state index contributed by atoms with van der Waals surface area (Å²) in [6.45, 7) is 0. The van der Waals surface area contributed by atoms with E-state index in [9.17, 15) is 19.5 Å². The summed E-state index contributed by atoms with van der Waals surface area (Å²) in [4.78, 5) is 38.8. The van der Waals surface area contributed by atoms with Crippen LogP contribution in [0, 0.1) is 0 Å². The Kier molecular flexibility index (Phi) is 3.93. The largest absolute Gasteiger partial charge is 0.506 e. The monoisotopic (exact) mass is 358 g/mol. The lowest BCUT2D eigenvalue weighted by atomic mass is 10.1. The Hall–Kier alpha value is -3.93. The number of rotatable bonds is 3. The van der Waals surface area contributed by atoms with Crippen molar-refractivity contribution in [1.29, 1.82) is 0 Å². The predicted molar refractivity (Wildman–Crippen MR) is 100 cm³/mol. The Labute approximate surface area is 154 Å². The molecule has 0 fully saturated rings. The Bertz CT molecular complexity index is 1060. The lowest BCUT2D eigenvalue weighted by molar-refractivity contribution is 0.0924. The highest BCUT2D eigenvalue weighted by Crippen LogP contribution is 2.29. The topological polar surface area (TPSA) is 86.7 Å². The van der Waals surface area contributed by atoms with E-state index in [0.29, 0.717) is 16.8 Å². The zero-order chi connectivity index (χ0) is 19.0. The van der Waals surface area contributed by atoms with Crippen LogP contribution in [0.5, 0.6) is 5.75 Å². The molecule has 3 aromatic carbocycles. The molecule has 27 heavy (non-hydrogen) atoms. The highest BCUT2D eigenvalue weighted by Gasteiger charge is 2.36. The fourth-order valence-corrected chi connectivity index (χ4v) is 2.98. The molecule has 132 valence electrons. The van der Waals surface area contributed by atoms with E-state index in [1.165, 1.54) is 12.1 Å². The summed E-state index contributed by atoms with van der Waals surface area (Å²) in [5.41, 5.74) is 1.52. The maximum atomic E-state index is 12.6. The molecule has 0 spiro atoms. The molecule has 0 bridgehead atoms. The van der Waals surface area contributed by atoms with Crippen LogP contribution in [0.1, 0.15) is 31.1 Å². The Morgan fingerprint density at radius 1 is 0.815 bits per heavy atom. The molecule has 0 saturated carbocycles. The molecule has 6 heteroatoms. The van der Waals surface area contributed by atoms with Gasteiger partial charge in [0.05, 0.1) is 22.5 Å². The van der Waals surface area contributed by atoms with E-state index in [-0.39, 0.29) is 17.0 Å². The number of nitrogens with one attached hydrogen (secondary N) is 1. The van der Waals surface area contributed by atoms with Gasteiger partial charge in [-0.05, 0) is 42.5 Å². The molecule has 0 unspecified atom stereocenters. The van der Waals surface area contributed by atoms with Crippen molar-refractivity contribution in [1.82, 2.24) is 0 Å². The molecule has 0 atom stereocenters. The molecular formula is C21H14N2O4. The number of aromatic hydroxyl groups is 1. The number of phenols is 1. The molecule has 2 N–H and O–H groups in total. The number of amides is 3. The molecule has 3 aromatic rings. The third-order valence-electron chi connectivity index (χ3n) is 4.31. The van der Waals surface area contributed by atoms with Gasteiger partial charge in [0.2, 0.25) is 0 Å². The number of anilines is 2. The maximum absolute atomic E-state index is 12.6. The smallest absolute Gasteiger partial charge is 0.266 e. The van der Waals surface area contributed by atoms with Gasteiger partial charge < -0.3 is 10.4 Å². The maximum Gasteiger partial charge on any atom is 0.266 e. The minimum Gasteiger partial charge on any atom is -0.506 e. The summed E-state index contributed by atoms with van der Waals surface area (Å²) in [6, 6.07) is 19.2. The van der Waals surface area contributed by atoms with Crippen molar-refractivity contribution in [2.24, 2.45) is 0 Å². The van der Waals surface area contributed by atoms with Crippen molar-refractivity contribution in [3.8, 4) is 5.75 Å². The zero-order valence-electron chi connectivity index (χ0n) is 14.0. The van der Waals surface area contributed by atoms with Crippen molar-refractivity contribution < 1.29 is 19.5 Å². The summed E-state index contributed by atoms with van der Waals surface area (Å²) in [7, 11) is 0. The van der Waals surface area contributed by atoms with Gasteiger partial charge in [-0.1, -0.05) is 30.3 Å². The second-order valence-electron chi connectivity index (χ2n) is 6.01. The average Bonchev–Trinajstić information content (AvgIpc) is 2.94. The SMILES string of the molecule is O=C(Nc1ccccc1O)c1cccc(N2C(=O)c3ccccc3C2=O)c1. The number of fused-ring (bicyclic) bond motifs is 1. The summed E-state index contributed by atoms with van der Waals surface area (Å²) >= 11 is 0. The van der Waals surface area contributed by atoms with E-state index in [0.717, 1.165) is 4.90 Å². The van der Waals surface area contributed by atoms with Gasteiger partial charge >= 0.3 is 0 Å². The Morgan fingerprint density at radius 2 is 1.44 bits per heavy atom. The first kappa shape index (κ1) is 16.5. The first-order valence-corrected chi connectivity index (χ1v) is 8.23. The van der Waals surface area contributed by atoms with Gasteiger partial charge in [0.25, 0.3) is 17.7 Å². The summed E-state index contributed by atoms with van der Waals surface area (Å²) in [5, 5.41) is 12.4. The molecule has 1 aliphatic heterocycles. The van der Waals surface area contributed by atoms with Crippen LogP contribution < -0.4 is 10.2 Å². The van der Waals surface area contributed by atoms with Crippen LogP contribution in [0.4, 0.5) is 11.4 Å². The molecule has 3 amide bonds. The first-order valence-electron chi connectivity index (χ1n) is 8.23. The minimum absolute atomic E-state index is 0.0534. The van der Waals surface area contributed by atoms with E-state index >= 15 is 0 Å². The number of carbonyl (C=O) groups excluding carboxylic acids is 3. The molecule has 0 aliphatic carbocycles. The van der Waals surface area contributed by atoms with Crippen LogP contribution in [-0.2, 0) is 0 Å². The van der Waals surface area contributed by atoms with E-state index in [1.54, 1.807) is 60.7 Å². The number of phenolic OH excluding ortho intramolecular Hbond substituents is 1. The molecule has 0 aromatic heterocycles. The van der Waals surface area contributed by atoms with E-state index in [2.05, 4.69) is 5.32 Å². The van der Waals surface area contributed by atoms with Gasteiger partial charge in [0.15, 0.2) is 0 Å². The average molecular weight is 358 g/mol. The second kappa shape index (κ2) is 6.42. The molecule has 0 saturated heterocycles. The van der Waals surface area contributed by atoms with Crippen molar-refractivity contribution in [3.63, 3.8) is 0 Å². The van der Waals surface area contributed by atoms with Crippen LogP contribution in [0.15, 0.2) is 72.8 Å². The molecule has 1 heterocycles. The quantitative estimate of drug-likeness (QED) is 0.555. The first-order chi connectivity index (χ1) is 13.1.